The molecule has 0 radical (unpaired) electrons. The highest BCUT2D eigenvalue weighted by atomic mass is 32.2. The Morgan fingerprint density at radius 2 is 1.89 bits per heavy atom. The molecule has 0 aliphatic heterocycles. The van der Waals surface area contributed by atoms with Crippen LogP contribution in [0.3, 0.4) is 0 Å². The number of nitrogens with zero attached hydrogens (tertiary/aromatic N) is 3. The second-order valence-corrected chi connectivity index (χ2v) is 6.60. The molecule has 1 amide bonds. The Labute approximate surface area is 157 Å². The summed E-state index contributed by atoms with van der Waals surface area (Å²) in [6.45, 7) is 1.69. The van der Waals surface area contributed by atoms with E-state index in [2.05, 4.69) is 10.3 Å². The fourth-order valence-electron chi connectivity index (χ4n) is 2.64. The van der Waals surface area contributed by atoms with E-state index in [1.165, 1.54) is 23.0 Å². The Kier molecular flexibility index (Phi) is 5.41. The standard InChI is InChI=1S/C18H16F2N4O2S/c1-11-14(17(26)24(23(11)2)12-7-4-3-5-8-12)22-15(25)13-9-6-10-21-16(13)27-18(19)20/h3-10,18H,1-2H3,(H,22,25). The lowest BCUT2D eigenvalue weighted by Crippen LogP contribution is -2.23. The summed E-state index contributed by atoms with van der Waals surface area (Å²) in [6, 6.07) is 11.8. The van der Waals surface area contributed by atoms with Crippen LogP contribution in [0.2, 0.25) is 0 Å². The number of para-hydroxylation sites is 1. The van der Waals surface area contributed by atoms with Gasteiger partial charge in [0.25, 0.3) is 17.2 Å². The number of carbonyl (C=O) groups is 1. The summed E-state index contributed by atoms with van der Waals surface area (Å²) in [6.07, 6.45) is 1.33. The van der Waals surface area contributed by atoms with E-state index in [1.54, 1.807) is 42.9 Å². The number of carbonyl (C=O) groups excluding carboxylic acids is 1. The third-order valence-corrected chi connectivity index (χ3v) is 4.74. The molecule has 6 nitrogen and oxygen atoms in total. The lowest BCUT2D eigenvalue weighted by molar-refractivity contribution is 0.102. The Balaban J connectivity index is 1.98. The van der Waals surface area contributed by atoms with E-state index < -0.39 is 17.2 Å². The van der Waals surface area contributed by atoms with E-state index in [1.807, 2.05) is 6.07 Å². The molecule has 2 heterocycles. The number of thioether (sulfide) groups is 1. The van der Waals surface area contributed by atoms with Gasteiger partial charge in [-0.3, -0.25) is 14.3 Å². The van der Waals surface area contributed by atoms with Crippen molar-refractivity contribution in [1.29, 1.82) is 0 Å². The third-order valence-electron chi connectivity index (χ3n) is 4.01. The number of hydrogen-bond acceptors (Lipinski definition) is 4. The van der Waals surface area contributed by atoms with Gasteiger partial charge < -0.3 is 5.32 Å². The molecule has 0 bridgehead atoms. The van der Waals surface area contributed by atoms with Crippen LogP contribution in [-0.4, -0.2) is 26.0 Å². The Hall–Kier alpha value is -2.94. The molecule has 0 saturated heterocycles. The van der Waals surface area contributed by atoms with Crippen molar-refractivity contribution in [2.45, 2.75) is 17.7 Å². The van der Waals surface area contributed by atoms with Crippen LogP contribution in [0.4, 0.5) is 14.5 Å². The van der Waals surface area contributed by atoms with Crippen molar-refractivity contribution in [1.82, 2.24) is 14.3 Å². The molecule has 9 heteroatoms. The van der Waals surface area contributed by atoms with Crippen LogP contribution in [0.5, 0.6) is 0 Å². The van der Waals surface area contributed by atoms with Gasteiger partial charge in [0.05, 0.1) is 16.9 Å². The number of amides is 1. The number of hydrogen-bond donors (Lipinski definition) is 1. The van der Waals surface area contributed by atoms with Crippen LogP contribution in [0.25, 0.3) is 5.69 Å². The molecule has 140 valence electrons. The molecular formula is C18H16F2N4O2S. The summed E-state index contributed by atoms with van der Waals surface area (Å²) in [4.78, 5) is 29.3. The van der Waals surface area contributed by atoms with E-state index in [-0.39, 0.29) is 28.0 Å². The zero-order chi connectivity index (χ0) is 19.6. The Morgan fingerprint density at radius 1 is 1.19 bits per heavy atom. The number of halogens is 2. The first-order valence-corrected chi connectivity index (χ1v) is 8.83. The van der Waals surface area contributed by atoms with Crippen LogP contribution in [-0.2, 0) is 7.05 Å². The monoisotopic (exact) mass is 390 g/mol. The van der Waals surface area contributed by atoms with Gasteiger partial charge in [-0.1, -0.05) is 18.2 Å². The van der Waals surface area contributed by atoms with Crippen molar-refractivity contribution in [2.75, 3.05) is 5.32 Å². The van der Waals surface area contributed by atoms with Crippen molar-refractivity contribution >= 4 is 23.4 Å². The number of aromatic nitrogens is 3. The normalized spacial score (nSPS) is 11.0. The van der Waals surface area contributed by atoms with Crippen molar-refractivity contribution < 1.29 is 13.6 Å². The molecular weight excluding hydrogens is 374 g/mol. The molecule has 0 spiro atoms. The zero-order valence-corrected chi connectivity index (χ0v) is 15.3. The SMILES string of the molecule is Cc1c(NC(=O)c2cccnc2SC(F)F)c(=O)n(-c2ccccc2)n1C. The Bertz CT molecular complexity index is 1030. The summed E-state index contributed by atoms with van der Waals surface area (Å²) in [5.41, 5.74) is 0.828. The maximum Gasteiger partial charge on any atom is 0.295 e. The first kappa shape index (κ1) is 18.8. The van der Waals surface area contributed by atoms with Crippen LogP contribution < -0.4 is 10.9 Å². The molecule has 3 rings (SSSR count). The van der Waals surface area contributed by atoms with Crippen LogP contribution >= 0.6 is 11.8 Å². The van der Waals surface area contributed by atoms with Crippen molar-refractivity contribution in [3.8, 4) is 5.69 Å². The number of nitrogens with one attached hydrogen (secondary N) is 1. The lowest BCUT2D eigenvalue weighted by atomic mass is 10.2. The van der Waals surface area contributed by atoms with E-state index in [0.717, 1.165) is 0 Å². The minimum absolute atomic E-state index is 0.0169. The van der Waals surface area contributed by atoms with Gasteiger partial charge in [0, 0.05) is 13.2 Å². The number of pyridine rings is 1. The molecule has 1 N–H and O–H groups in total. The summed E-state index contributed by atoms with van der Waals surface area (Å²) in [7, 11) is 1.70. The predicted molar refractivity (Wildman–Crippen MR) is 99.8 cm³/mol. The average molecular weight is 390 g/mol. The molecule has 1 aromatic carbocycles. The van der Waals surface area contributed by atoms with Crippen molar-refractivity contribution in [2.24, 2.45) is 7.05 Å². The smallest absolute Gasteiger partial charge is 0.295 e. The average Bonchev–Trinajstić information content (AvgIpc) is 2.85. The van der Waals surface area contributed by atoms with Gasteiger partial charge in [0.1, 0.15) is 10.7 Å². The van der Waals surface area contributed by atoms with Crippen LogP contribution in [0, 0.1) is 6.92 Å². The second-order valence-electron chi connectivity index (χ2n) is 5.63. The maximum atomic E-state index is 12.8. The molecule has 3 aromatic rings. The lowest BCUT2D eigenvalue weighted by Gasteiger charge is -2.08. The summed E-state index contributed by atoms with van der Waals surface area (Å²) in [5, 5.41) is 2.45. The third kappa shape index (κ3) is 3.77. The van der Waals surface area contributed by atoms with Gasteiger partial charge >= 0.3 is 0 Å². The van der Waals surface area contributed by atoms with Crippen molar-refractivity contribution in [3.05, 3.63) is 70.3 Å². The van der Waals surface area contributed by atoms with Crippen molar-refractivity contribution in [3.63, 3.8) is 0 Å². The van der Waals surface area contributed by atoms with E-state index in [0.29, 0.717) is 11.4 Å². The first-order chi connectivity index (χ1) is 12.9. The predicted octanol–water partition coefficient (Wildman–Crippen LogP) is 3.45. The highest BCUT2D eigenvalue weighted by molar-refractivity contribution is 7.99. The summed E-state index contributed by atoms with van der Waals surface area (Å²) >= 11 is 0.184. The number of benzene rings is 1. The minimum Gasteiger partial charge on any atom is -0.316 e. The number of alkyl halides is 2. The molecule has 27 heavy (non-hydrogen) atoms. The molecule has 0 fully saturated rings. The topological polar surface area (TPSA) is 68.9 Å². The minimum atomic E-state index is -2.71. The van der Waals surface area contributed by atoms with Gasteiger partial charge in [-0.15, -0.1) is 0 Å². The molecule has 0 aliphatic carbocycles. The molecule has 0 saturated carbocycles. The van der Waals surface area contributed by atoms with E-state index >= 15 is 0 Å². The second kappa shape index (κ2) is 7.75. The van der Waals surface area contributed by atoms with Crippen LogP contribution in [0.15, 0.2) is 58.5 Å². The number of rotatable bonds is 5. The fourth-order valence-corrected chi connectivity index (χ4v) is 3.21. The van der Waals surface area contributed by atoms with Gasteiger partial charge in [-0.2, -0.15) is 8.78 Å². The Morgan fingerprint density at radius 3 is 2.56 bits per heavy atom. The van der Waals surface area contributed by atoms with Gasteiger partial charge in [-0.25, -0.2) is 9.67 Å². The highest BCUT2D eigenvalue weighted by Gasteiger charge is 2.21. The van der Waals surface area contributed by atoms with Gasteiger partial charge in [-0.05, 0) is 43.0 Å². The van der Waals surface area contributed by atoms with Crippen LogP contribution in [0.1, 0.15) is 16.1 Å². The summed E-state index contributed by atoms with van der Waals surface area (Å²) < 4.78 is 28.4. The molecule has 2 aromatic heterocycles. The first-order valence-electron chi connectivity index (χ1n) is 7.95. The quantitative estimate of drug-likeness (QED) is 0.678. The molecule has 0 aliphatic rings. The largest absolute Gasteiger partial charge is 0.316 e. The highest BCUT2D eigenvalue weighted by Crippen LogP contribution is 2.27. The summed E-state index contributed by atoms with van der Waals surface area (Å²) in [5.74, 6) is -3.38. The van der Waals surface area contributed by atoms with E-state index in [9.17, 15) is 18.4 Å². The molecule has 0 unspecified atom stereocenters. The maximum absolute atomic E-state index is 12.8. The fraction of sp³-hybridized carbons (Fsp3) is 0.167. The molecule has 0 atom stereocenters. The van der Waals surface area contributed by atoms with E-state index in [4.69, 9.17) is 0 Å². The van der Waals surface area contributed by atoms with Gasteiger partial charge in [0.15, 0.2) is 0 Å². The zero-order valence-electron chi connectivity index (χ0n) is 14.5. The van der Waals surface area contributed by atoms with Gasteiger partial charge in [0.2, 0.25) is 0 Å². The number of anilines is 1.